The van der Waals surface area contributed by atoms with Crippen LogP contribution in [0.2, 0.25) is 0 Å². The van der Waals surface area contributed by atoms with Gasteiger partial charge in [-0.25, -0.2) is 0 Å². The third-order valence-electron chi connectivity index (χ3n) is 6.12. The third-order valence-corrected chi connectivity index (χ3v) is 6.12. The van der Waals surface area contributed by atoms with Gasteiger partial charge in [-0.3, -0.25) is 4.99 Å². The first-order valence-corrected chi connectivity index (χ1v) is 8.60. The summed E-state index contributed by atoms with van der Waals surface area (Å²) in [5.74, 6) is 1.41. The number of benzene rings is 2. The number of nitrogens with zero attached hydrogens (tertiary/aromatic N) is 1. The standard InChI is InChI=1S/C22H21N/c1-12-11-23-19-10-17-8-15-6-4-5-7-16(15)9-18(17)22(19)21-13(2)20(12)14(21)3/h4-9,11-12,19-20,22H,2,10H2,1,3H3/t12-,19?,20?,22?/m1/s1. The van der Waals surface area contributed by atoms with Gasteiger partial charge in [0.05, 0.1) is 6.04 Å². The first-order valence-electron chi connectivity index (χ1n) is 8.60. The van der Waals surface area contributed by atoms with Crippen molar-refractivity contribution in [2.45, 2.75) is 32.2 Å². The molecule has 0 saturated heterocycles. The Morgan fingerprint density at radius 2 is 1.83 bits per heavy atom. The first-order chi connectivity index (χ1) is 11.1. The highest BCUT2D eigenvalue weighted by Crippen LogP contribution is 2.55. The van der Waals surface area contributed by atoms with Crippen LogP contribution in [0.1, 0.15) is 30.9 Å². The molecule has 6 rings (SSSR count). The zero-order valence-electron chi connectivity index (χ0n) is 13.7. The predicted octanol–water partition coefficient (Wildman–Crippen LogP) is 5.07. The minimum Gasteiger partial charge on any atom is -0.293 e. The smallest absolute Gasteiger partial charge is 0.0645 e. The monoisotopic (exact) mass is 299 g/mol. The Labute approximate surface area is 137 Å². The number of fused-ring (bicyclic) bond motifs is 3. The van der Waals surface area contributed by atoms with Crippen molar-refractivity contribution in [2.24, 2.45) is 16.8 Å². The molecule has 0 N–H and O–H groups in total. The molecule has 2 aromatic carbocycles. The van der Waals surface area contributed by atoms with Gasteiger partial charge in [0.25, 0.3) is 0 Å². The van der Waals surface area contributed by atoms with E-state index in [1.165, 1.54) is 33.0 Å². The van der Waals surface area contributed by atoms with Gasteiger partial charge in [-0.15, -0.1) is 0 Å². The van der Waals surface area contributed by atoms with E-state index in [1.54, 1.807) is 5.57 Å². The third kappa shape index (κ3) is 1.65. The summed E-state index contributed by atoms with van der Waals surface area (Å²) in [5.41, 5.74) is 7.36. The van der Waals surface area contributed by atoms with Gasteiger partial charge in [-0.2, -0.15) is 0 Å². The van der Waals surface area contributed by atoms with E-state index in [4.69, 9.17) is 4.99 Å². The van der Waals surface area contributed by atoms with Gasteiger partial charge in [0.15, 0.2) is 0 Å². The molecule has 0 radical (unpaired) electrons. The van der Waals surface area contributed by atoms with E-state index in [0.717, 1.165) is 6.42 Å². The van der Waals surface area contributed by atoms with Crippen molar-refractivity contribution >= 4 is 17.0 Å². The summed E-state index contributed by atoms with van der Waals surface area (Å²) in [6, 6.07) is 13.8. The molecular formula is C22H21N. The van der Waals surface area contributed by atoms with Crippen LogP contribution in [-0.2, 0) is 6.42 Å². The molecule has 2 heterocycles. The molecule has 2 aliphatic heterocycles. The minimum absolute atomic E-state index is 0.354. The van der Waals surface area contributed by atoms with Crippen LogP contribution in [0.5, 0.6) is 0 Å². The lowest BCUT2D eigenvalue weighted by atomic mass is 9.62. The number of aliphatic imine (C=N–C) groups is 1. The molecule has 1 nitrogen and oxygen atoms in total. The first kappa shape index (κ1) is 13.3. The van der Waals surface area contributed by atoms with E-state index in [-0.39, 0.29) is 0 Å². The SMILES string of the molecule is C=C1C2=C(C)C1[C@H](C)C=NC1Cc3cc4ccccc4cc3C21. The molecule has 23 heavy (non-hydrogen) atoms. The largest absolute Gasteiger partial charge is 0.293 e. The Kier molecular flexibility index (Phi) is 2.57. The second-order valence-electron chi connectivity index (χ2n) is 7.40. The Bertz CT molecular complexity index is 915. The van der Waals surface area contributed by atoms with Crippen LogP contribution in [0, 0.1) is 11.8 Å². The van der Waals surface area contributed by atoms with E-state index in [0.29, 0.717) is 23.8 Å². The van der Waals surface area contributed by atoms with Crippen molar-refractivity contribution in [3.8, 4) is 0 Å². The fraction of sp³-hybridized carbons (Fsp3) is 0.318. The Morgan fingerprint density at radius 1 is 1.09 bits per heavy atom. The molecular weight excluding hydrogens is 278 g/mol. The number of hydrogen-bond donors (Lipinski definition) is 0. The lowest BCUT2D eigenvalue weighted by molar-refractivity contribution is 0.491. The molecule has 0 spiro atoms. The summed E-state index contributed by atoms with van der Waals surface area (Å²) in [6.45, 7) is 9.00. The summed E-state index contributed by atoms with van der Waals surface area (Å²) in [7, 11) is 0. The quantitative estimate of drug-likeness (QED) is 0.644. The lowest BCUT2D eigenvalue weighted by Gasteiger charge is -2.43. The van der Waals surface area contributed by atoms with Gasteiger partial charge in [0.1, 0.15) is 0 Å². The lowest BCUT2D eigenvalue weighted by Crippen LogP contribution is -2.34. The molecule has 2 aromatic rings. The maximum absolute atomic E-state index is 4.98. The van der Waals surface area contributed by atoms with Crippen LogP contribution in [0.4, 0.5) is 0 Å². The maximum Gasteiger partial charge on any atom is 0.0645 e. The zero-order valence-corrected chi connectivity index (χ0v) is 13.7. The van der Waals surface area contributed by atoms with Crippen molar-refractivity contribution in [3.63, 3.8) is 0 Å². The normalized spacial score (nSPS) is 31.5. The van der Waals surface area contributed by atoms with Gasteiger partial charge in [0.2, 0.25) is 0 Å². The van der Waals surface area contributed by atoms with Crippen molar-refractivity contribution in [1.29, 1.82) is 0 Å². The topological polar surface area (TPSA) is 12.4 Å². The Hall–Kier alpha value is -2.15. The molecule has 0 saturated carbocycles. The van der Waals surface area contributed by atoms with Gasteiger partial charge in [-0.1, -0.05) is 55.5 Å². The molecule has 0 aromatic heterocycles. The molecule has 4 atom stereocenters. The predicted molar refractivity (Wildman–Crippen MR) is 97.2 cm³/mol. The maximum atomic E-state index is 4.98. The van der Waals surface area contributed by atoms with Gasteiger partial charge in [-0.05, 0) is 46.4 Å². The highest BCUT2D eigenvalue weighted by molar-refractivity contribution is 5.85. The van der Waals surface area contributed by atoms with Crippen LogP contribution < -0.4 is 0 Å². The molecule has 114 valence electrons. The van der Waals surface area contributed by atoms with Gasteiger partial charge >= 0.3 is 0 Å². The molecule has 0 fully saturated rings. The summed E-state index contributed by atoms with van der Waals surface area (Å²) in [5, 5.41) is 2.68. The van der Waals surface area contributed by atoms with Crippen LogP contribution >= 0.6 is 0 Å². The van der Waals surface area contributed by atoms with Gasteiger partial charge in [0, 0.05) is 24.0 Å². The molecule has 2 bridgehead atoms. The second-order valence-corrected chi connectivity index (χ2v) is 7.40. The van der Waals surface area contributed by atoms with Crippen molar-refractivity contribution in [1.82, 2.24) is 0 Å². The second kappa shape index (κ2) is 4.44. The number of rotatable bonds is 0. The average Bonchev–Trinajstić information content (AvgIpc) is 2.86. The number of hydrogen-bond acceptors (Lipinski definition) is 1. The molecule has 4 aliphatic rings. The molecule has 3 unspecified atom stereocenters. The minimum atomic E-state index is 0.354. The summed E-state index contributed by atoms with van der Waals surface area (Å²) >= 11 is 0. The fourth-order valence-electron chi connectivity index (χ4n) is 5.07. The van der Waals surface area contributed by atoms with Gasteiger partial charge < -0.3 is 0 Å². The fourth-order valence-corrected chi connectivity index (χ4v) is 5.07. The zero-order chi connectivity index (χ0) is 15.7. The van der Waals surface area contributed by atoms with E-state index in [9.17, 15) is 0 Å². The summed E-state index contributed by atoms with van der Waals surface area (Å²) < 4.78 is 0. The molecule has 0 amide bonds. The number of allylic oxidation sites excluding steroid dienone is 2. The van der Waals surface area contributed by atoms with Crippen molar-refractivity contribution in [2.75, 3.05) is 0 Å². The highest BCUT2D eigenvalue weighted by Gasteiger charge is 2.45. The van der Waals surface area contributed by atoms with E-state index in [1.807, 2.05) is 0 Å². The van der Waals surface area contributed by atoms with Crippen LogP contribution in [-0.4, -0.2) is 12.3 Å². The van der Waals surface area contributed by atoms with E-state index in [2.05, 4.69) is 63.0 Å². The average molecular weight is 299 g/mol. The van der Waals surface area contributed by atoms with Crippen LogP contribution in [0.25, 0.3) is 10.8 Å². The molecule has 1 heteroatoms. The Morgan fingerprint density at radius 3 is 2.57 bits per heavy atom. The summed E-state index contributed by atoms with van der Waals surface area (Å²) in [4.78, 5) is 4.98. The van der Waals surface area contributed by atoms with Crippen molar-refractivity contribution in [3.05, 3.63) is 70.8 Å². The highest BCUT2D eigenvalue weighted by atomic mass is 14.8. The molecule has 2 aliphatic carbocycles. The Balaban J connectivity index is 1.74. The van der Waals surface area contributed by atoms with Crippen LogP contribution in [0.15, 0.2) is 64.7 Å². The van der Waals surface area contributed by atoms with E-state index >= 15 is 0 Å². The van der Waals surface area contributed by atoms with E-state index < -0.39 is 0 Å². The van der Waals surface area contributed by atoms with Crippen LogP contribution in [0.3, 0.4) is 0 Å². The summed E-state index contributed by atoms with van der Waals surface area (Å²) in [6.07, 6.45) is 3.25. The van der Waals surface area contributed by atoms with Crippen molar-refractivity contribution < 1.29 is 0 Å².